The highest BCUT2D eigenvalue weighted by atomic mass is 16.2. The van der Waals surface area contributed by atoms with Gasteiger partial charge in [-0.15, -0.1) is 0 Å². The molecule has 1 heterocycles. The van der Waals surface area contributed by atoms with Crippen molar-refractivity contribution < 1.29 is 4.79 Å². The zero-order valence-corrected chi connectivity index (χ0v) is 7.37. The Hall–Kier alpha value is -1.45. The zero-order chi connectivity index (χ0) is 9.26. The van der Waals surface area contributed by atoms with Crippen molar-refractivity contribution in [1.82, 2.24) is 9.97 Å². The third-order valence-electron chi connectivity index (χ3n) is 1.91. The van der Waals surface area contributed by atoms with E-state index in [1.807, 2.05) is 0 Å². The van der Waals surface area contributed by atoms with Gasteiger partial charge in [-0.25, -0.2) is 9.97 Å². The molecule has 1 radical (unpaired) electrons. The number of nitrogens with zero attached hydrogens (tertiary/aromatic N) is 2. The van der Waals surface area contributed by atoms with Crippen LogP contribution in [0.5, 0.6) is 0 Å². The molecule has 1 N–H and O–H groups in total. The maximum atomic E-state index is 11.3. The molecule has 0 unspecified atom stereocenters. The van der Waals surface area contributed by atoms with E-state index in [1.165, 1.54) is 0 Å². The first-order chi connectivity index (χ1) is 6.25. The van der Waals surface area contributed by atoms with E-state index in [4.69, 9.17) is 0 Å². The lowest BCUT2D eigenvalue weighted by atomic mass is 10.4. The van der Waals surface area contributed by atoms with Crippen molar-refractivity contribution in [2.75, 3.05) is 5.32 Å². The smallest absolute Gasteiger partial charge is 0.228 e. The molecule has 0 aliphatic heterocycles. The number of nitrogens with one attached hydrogen (secondary N) is 1. The van der Waals surface area contributed by atoms with Crippen LogP contribution in [0.25, 0.3) is 0 Å². The summed E-state index contributed by atoms with van der Waals surface area (Å²) in [4.78, 5) is 19.2. The molecule has 1 aromatic heterocycles. The Morgan fingerprint density at radius 1 is 1.69 bits per heavy atom. The first-order valence-electron chi connectivity index (χ1n) is 4.28. The number of carbonyl (C=O) groups is 1. The Bertz CT molecular complexity index is 333. The maximum absolute atomic E-state index is 11.3. The molecule has 1 aliphatic rings. The molecule has 0 saturated heterocycles. The Balaban J connectivity index is 2.04. The number of rotatable bonds is 2. The van der Waals surface area contributed by atoms with Crippen LogP contribution >= 0.6 is 0 Å². The molecular formula is C9H10N3O. The van der Waals surface area contributed by atoms with Crippen LogP contribution in [0.15, 0.2) is 6.07 Å². The molecule has 4 nitrogen and oxygen atoms in total. The Labute approximate surface area is 76.4 Å². The third kappa shape index (κ3) is 2.02. The summed E-state index contributed by atoms with van der Waals surface area (Å²) in [6.07, 6.45) is 4.67. The van der Waals surface area contributed by atoms with Crippen LogP contribution in [-0.2, 0) is 4.79 Å². The normalized spacial score (nSPS) is 15.5. The van der Waals surface area contributed by atoms with Crippen molar-refractivity contribution in [2.24, 2.45) is 5.92 Å². The largest absolute Gasteiger partial charge is 0.310 e. The molecule has 1 aliphatic carbocycles. The molecule has 1 fully saturated rings. The van der Waals surface area contributed by atoms with Gasteiger partial charge in [0.1, 0.15) is 11.6 Å². The minimum absolute atomic E-state index is 0.0616. The fourth-order valence-electron chi connectivity index (χ4n) is 1.06. The number of aromatic nitrogens is 2. The number of anilines is 1. The topological polar surface area (TPSA) is 54.9 Å². The molecule has 4 heteroatoms. The van der Waals surface area contributed by atoms with Gasteiger partial charge in [0.15, 0.2) is 0 Å². The van der Waals surface area contributed by atoms with Crippen molar-refractivity contribution in [3.63, 3.8) is 0 Å². The lowest BCUT2D eigenvalue weighted by Crippen LogP contribution is -2.14. The van der Waals surface area contributed by atoms with Crippen molar-refractivity contribution in [1.29, 1.82) is 0 Å². The molecule has 67 valence electrons. The molecular weight excluding hydrogens is 166 g/mol. The van der Waals surface area contributed by atoms with Gasteiger partial charge in [-0.2, -0.15) is 0 Å². The van der Waals surface area contributed by atoms with Crippen LogP contribution in [-0.4, -0.2) is 15.9 Å². The van der Waals surface area contributed by atoms with E-state index in [1.54, 1.807) is 13.0 Å². The highest BCUT2D eigenvalue weighted by Gasteiger charge is 2.29. The first kappa shape index (κ1) is 8.16. The van der Waals surface area contributed by atoms with Gasteiger partial charge in [0.2, 0.25) is 5.91 Å². The second kappa shape index (κ2) is 3.12. The van der Waals surface area contributed by atoms with Crippen molar-refractivity contribution in [3.05, 3.63) is 18.1 Å². The molecule has 13 heavy (non-hydrogen) atoms. The molecule has 1 saturated carbocycles. The highest BCUT2D eigenvalue weighted by molar-refractivity contribution is 5.93. The first-order valence-corrected chi connectivity index (χ1v) is 4.28. The summed E-state index contributed by atoms with van der Waals surface area (Å²) in [5, 5.41) is 2.72. The molecule has 0 atom stereocenters. The van der Waals surface area contributed by atoms with Crippen LogP contribution in [0.1, 0.15) is 18.7 Å². The fourth-order valence-corrected chi connectivity index (χ4v) is 1.06. The van der Waals surface area contributed by atoms with Crippen molar-refractivity contribution in [3.8, 4) is 0 Å². The van der Waals surface area contributed by atoms with Gasteiger partial charge in [-0.3, -0.25) is 4.79 Å². The minimum atomic E-state index is 0.0616. The molecule has 0 aromatic carbocycles. The Morgan fingerprint density at radius 2 is 2.46 bits per heavy atom. The SMILES string of the molecule is Cc1n[c]cc(NC(=O)C2CC2)n1. The summed E-state index contributed by atoms with van der Waals surface area (Å²) in [5.41, 5.74) is 0. The number of hydrogen-bond donors (Lipinski definition) is 1. The van der Waals surface area contributed by atoms with E-state index in [-0.39, 0.29) is 11.8 Å². The van der Waals surface area contributed by atoms with E-state index in [0.717, 1.165) is 12.8 Å². The summed E-state index contributed by atoms with van der Waals surface area (Å²) in [7, 11) is 0. The molecule has 0 spiro atoms. The fraction of sp³-hybridized carbons (Fsp3) is 0.444. The van der Waals surface area contributed by atoms with Gasteiger partial charge in [-0.1, -0.05) is 0 Å². The minimum Gasteiger partial charge on any atom is -0.310 e. The standard InChI is InChI=1S/C9H10N3O/c1-6-10-5-4-8(11-6)12-9(13)7-2-3-7/h4,7H,2-3H2,1H3,(H,10,11,12,13). The molecule has 0 bridgehead atoms. The van der Waals surface area contributed by atoms with E-state index < -0.39 is 0 Å². The predicted molar refractivity (Wildman–Crippen MR) is 47.0 cm³/mol. The second-order valence-corrected chi connectivity index (χ2v) is 3.19. The number of aryl methyl sites for hydroxylation is 1. The number of amides is 1. The summed E-state index contributed by atoms with van der Waals surface area (Å²) < 4.78 is 0. The van der Waals surface area contributed by atoms with Gasteiger partial charge >= 0.3 is 0 Å². The van der Waals surface area contributed by atoms with Crippen LogP contribution in [0.2, 0.25) is 0 Å². The van der Waals surface area contributed by atoms with Gasteiger partial charge in [0.25, 0.3) is 0 Å². The second-order valence-electron chi connectivity index (χ2n) is 3.19. The van der Waals surface area contributed by atoms with E-state index in [0.29, 0.717) is 11.6 Å². The predicted octanol–water partition coefficient (Wildman–Crippen LogP) is 0.934. The lowest BCUT2D eigenvalue weighted by Gasteiger charge is -2.02. The molecule has 2 rings (SSSR count). The summed E-state index contributed by atoms with van der Waals surface area (Å²) in [6, 6.07) is 1.58. The van der Waals surface area contributed by atoms with Crippen molar-refractivity contribution in [2.45, 2.75) is 19.8 Å². The van der Waals surface area contributed by atoms with Crippen LogP contribution in [0.4, 0.5) is 5.82 Å². The average molecular weight is 176 g/mol. The summed E-state index contributed by atoms with van der Waals surface area (Å²) in [6.45, 7) is 1.77. The Morgan fingerprint density at radius 3 is 3.08 bits per heavy atom. The molecule has 1 aromatic rings. The van der Waals surface area contributed by atoms with Gasteiger partial charge in [0, 0.05) is 12.0 Å². The van der Waals surface area contributed by atoms with E-state index >= 15 is 0 Å². The average Bonchev–Trinajstić information content (AvgIpc) is 2.85. The van der Waals surface area contributed by atoms with E-state index in [2.05, 4.69) is 21.5 Å². The quantitative estimate of drug-likeness (QED) is 0.729. The van der Waals surface area contributed by atoms with Crippen LogP contribution in [0.3, 0.4) is 0 Å². The third-order valence-corrected chi connectivity index (χ3v) is 1.91. The zero-order valence-electron chi connectivity index (χ0n) is 7.37. The maximum Gasteiger partial charge on any atom is 0.228 e. The molecule has 1 amide bonds. The number of carbonyl (C=O) groups excluding carboxylic acids is 1. The summed E-state index contributed by atoms with van der Waals surface area (Å²) in [5.74, 6) is 1.43. The summed E-state index contributed by atoms with van der Waals surface area (Å²) >= 11 is 0. The van der Waals surface area contributed by atoms with Gasteiger partial charge in [-0.05, 0) is 19.8 Å². The van der Waals surface area contributed by atoms with Crippen molar-refractivity contribution >= 4 is 11.7 Å². The highest BCUT2D eigenvalue weighted by Crippen LogP contribution is 2.29. The van der Waals surface area contributed by atoms with Crippen LogP contribution in [0, 0.1) is 19.0 Å². The lowest BCUT2D eigenvalue weighted by molar-refractivity contribution is -0.117. The van der Waals surface area contributed by atoms with Crippen LogP contribution < -0.4 is 5.32 Å². The van der Waals surface area contributed by atoms with Gasteiger partial charge < -0.3 is 5.32 Å². The van der Waals surface area contributed by atoms with Gasteiger partial charge in [0.05, 0.1) is 6.20 Å². The Kier molecular flexibility index (Phi) is 1.96. The monoisotopic (exact) mass is 176 g/mol. The van der Waals surface area contributed by atoms with E-state index in [9.17, 15) is 4.79 Å². The number of hydrogen-bond acceptors (Lipinski definition) is 3.